The molecule has 0 aliphatic carbocycles. The molecule has 2 amide bonds. The molecule has 0 aliphatic rings. The van der Waals surface area contributed by atoms with Gasteiger partial charge in [-0.25, -0.2) is 4.79 Å². The van der Waals surface area contributed by atoms with Crippen LogP contribution in [0.5, 0.6) is 0 Å². The Hall–Kier alpha value is -1.73. The zero-order chi connectivity index (χ0) is 15.9. The highest BCUT2D eigenvalue weighted by Gasteiger charge is 2.12. The molecule has 22 heavy (non-hydrogen) atoms. The van der Waals surface area contributed by atoms with Crippen LogP contribution in [-0.4, -0.2) is 29.0 Å². The van der Waals surface area contributed by atoms with Crippen LogP contribution in [0.1, 0.15) is 22.5 Å². The van der Waals surface area contributed by atoms with E-state index >= 15 is 0 Å². The molecule has 1 atom stereocenters. The van der Waals surface area contributed by atoms with E-state index in [1.165, 1.54) is 0 Å². The van der Waals surface area contributed by atoms with Crippen molar-refractivity contribution in [2.24, 2.45) is 0 Å². The van der Waals surface area contributed by atoms with Gasteiger partial charge in [-0.3, -0.25) is 0 Å². The monoisotopic (exact) mass is 340 g/mol. The van der Waals surface area contributed by atoms with Gasteiger partial charge in [-0.15, -0.1) is 0 Å². The maximum absolute atomic E-state index is 11.8. The maximum atomic E-state index is 11.8. The maximum Gasteiger partial charge on any atom is 0.315 e. The number of benzene rings is 1. The zero-order valence-corrected chi connectivity index (χ0v) is 13.9. The van der Waals surface area contributed by atoms with Gasteiger partial charge in [-0.2, -0.15) is 16.7 Å². The number of rotatable bonds is 6. The highest BCUT2D eigenvalue weighted by atomic mass is 35.5. The number of hydrogen-bond acceptors (Lipinski definition) is 5. The number of nitrogens with zero attached hydrogens (tertiary/aromatic N) is 2. The molecule has 0 radical (unpaired) electrons. The second-order valence-corrected chi connectivity index (χ2v) is 6.05. The lowest BCUT2D eigenvalue weighted by molar-refractivity contribution is 0.240. The molecule has 8 heteroatoms. The van der Waals surface area contributed by atoms with Crippen molar-refractivity contribution >= 4 is 29.4 Å². The first kappa shape index (κ1) is 16.6. The number of thioether (sulfide) groups is 1. The van der Waals surface area contributed by atoms with Crippen LogP contribution in [0, 0.1) is 6.92 Å². The molecule has 0 spiro atoms. The molecule has 1 aromatic heterocycles. The standard InChI is InChI=1S/C14H17ClN4O2S/c1-9-18-13(19-21-9)8-17-14(20)16-7-12(22-2)10-4-3-5-11(15)6-10/h3-6,12H,7-8H2,1-2H3,(H2,16,17,20). The van der Waals surface area contributed by atoms with Gasteiger partial charge in [0.15, 0.2) is 5.82 Å². The van der Waals surface area contributed by atoms with E-state index in [2.05, 4.69) is 20.8 Å². The molecule has 1 aromatic carbocycles. The summed E-state index contributed by atoms with van der Waals surface area (Å²) in [7, 11) is 0. The Balaban J connectivity index is 1.81. The summed E-state index contributed by atoms with van der Waals surface area (Å²) in [4.78, 5) is 15.8. The van der Waals surface area contributed by atoms with E-state index in [0.29, 0.717) is 23.3 Å². The van der Waals surface area contributed by atoms with E-state index in [4.69, 9.17) is 16.1 Å². The van der Waals surface area contributed by atoms with E-state index in [1.54, 1.807) is 18.7 Å². The summed E-state index contributed by atoms with van der Waals surface area (Å²) in [6.07, 6.45) is 1.99. The molecule has 6 nitrogen and oxygen atoms in total. The van der Waals surface area contributed by atoms with Crippen molar-refractivity contribution in [1.82, 2.24) is 20.8 Å². The Morgan fingerprint density at radius 2 is 2.27 bits per heavy atom. The molecule has 1 unspecified atom stereocenters. The van der Waals surface area contributed by atoms with Crippen molar-refractivity contribution in [3.05, 3.63) is 46.6 Å². The van der Waals surface area contributed by atoms with E-state index in [0.717, 1.165) is 5.56 Å². The highest BCUT2D eigenvalue weighted by molar-refractivity contribution is 7.98. The minimum atomic E-state index is -0.275. The third-order valence-corrected chi connectivity index (χ3v) is 4.17. The summed E-state index contributed by atoms with van der Waals surface area (Å²) in [5, 5.41) is 10.0. The fraction of sp³-hybridized carbons (Fsp3) is 0.357. The number of hydrogen-bond donors (Lipinski definition) is 2. The van der Waals surface area contributed by atoms with Crippen LogP contribution >= 0.6 is 23.4 Å². The lowest BCUT2D eigenvalue weighted by atomic mass is 10.1. The molecular weight excluding hydrogens is 324 g/mol. The molecular formula is C14H17ClN4O2S. The summed E-state index contributed by atoms with van der Waals surface area (Å²) in [5.74, 6) is 0.921. The van der Waals surface area contributed by atoms with Crippen LogP contribution in [0.25, 0.3) is 0 Å². The first-order valence-corrected chi connectivity index (χ1v) is 8.34. The van der Waals surface area contributed by atoms with Crippen LogP contribution in [-0.2, 0) is 6.54 Å². The smallest absolute Gasteiger partial charge is 0.315 e. The van der Waals surface area contributed by atoms with Gasteiger partial charge in [-0.1, -0.05) is 28.9 Å². The van der Waals surface area contributed by atoms with Crippen molar-refractivity contribution in [3.63, 3.8) is 0 Å². The van der Waals surface area contributed by atoms with Crippen molar-refractivity contribution in [2.45, 2.75) is 18.7 Å². The van der Waals surface area contributed by atoms with Crippen molar-refractivity contribution in [3.8, 4) is 0 Å². The van der Waals surface area contributed by atoms with Crippen LogP contribution in [0.15, 0.2) is 28.8 Å². The predicted molar refractivity (Wildman–Crippen MR) is 87.0 cm³/mol. The Morgan fingerprint density at radius 3 is 2.91 bits per heavy atom. The van der Waals surface area contributed by atoms with Gasteiger partial charge < -0.3 is 15.2 Å². The molecule has 2 rings (SSSR count). The fourth-order valence-corrected chi connectivity index (χ4v) is 2.73. The van der Waals surface area contributed by atoms with Gasteiger partial charge in [-0.05, 0) is 24.0 Å². The molecule has 1 heterocycles. The molecule has 0 aliphatic heterocycles. The number of urea groups is 1. The number of carbonyl (C=O) groups excluding carboxylic acids is 1. The number of nitrogens with one attached hydrogen (secondary N) is 2. The topological polar surface area (TPSA) is 80.0 Å². The first-order chi connectivity index (χ1) is 10.6. The lowest BCUT2D eigenvalue weighted by Crippen LogP contribution is -2.37. The van der Waals surface area contributed by atoms with Gasteiger partial charge >= 0.3 is 6.03 Å². The van der Waals surface area contributed by atoms with Gasteiger partial charge in [0.2, 0.25) is 5.89 Å². The SMILES string of the molecule is CSC(CNC(=O)NCc1noc(C)n1)c1cccc(Cl)c1. The summed E-state index contributed by atoms with van der Waals surface area (Å²) in [6, 6.07) is 7.36. The average Bonchev–Trinajstić information content (AvgIpc) is 2.91. The second kappa shape index (κ2) is 8.05. The Bertz CT molecular complexity index is 635. The van der Waals surface area contributed by atoms with Crippen molar-refractivity contribution < 1.29 is 9.32 Å². The number of halogens is 1. The van der Waals surface area contributed by atoms with Gasteiger partial charge in [0.05, 0.1) is 6.54 Å². The number of carbonyl (C=O) groups is 1. The summed E-state index contributed by atoms with van der Waals surface area (Å²) in [5.41, 5.74) is 1.08. The fourth-order valence-electron chi connectivity index (χ4n) is 1.86. The molecule has 2 N–H and O–H groups in total. The highest BCUT2D eigenvalue weighted by Crippen LogP contribution is 2.27. The predicted octanol–water partition coefficient (Wildman–Crippen LogP) is 2.93. The van der Waals surface area contributed by atoms with E-state index in [1.807, 2.05) is 30.5 Å². The van der Waals surface area contributed by atoms with E-state index in [-0.39, 0.29) is 17.8 Å². The Kier molecular flexibility index (Phi) is 6.09. The van der Waals surface area contributed by atoms with Crippen LogP contribution in [0.3, 0.4) is 0 Å². The Labute approximate surface area is 138 Å². The van der Waals surface area contributed by atoms with E-state index in [9.17, 15) is 4.79 Å². The van der Waals surface area contributed by atoms with Crippen molar-refractivity contribution in [1.29, 1.82) is 0 Å². The lowest BCUT2D eigenvalue weighted by Gasteiger charge is -2.16. The minimum Gasteiger partial charge on any atom is -0.340 e. The third-order valence-electron chi connectivity index (χ3n) is 2.93. The molecule has 0 fully saturated rings. The van der Waals surface area contributed by atoms with Crippen LogP contribution < -0.4 is 10.6 Å². The largest absolute Gasteiger partial charge is 0.340 e. The Morgan fingerprint density at radius 1 is 1.45 bits per heavy atom. The molecule has 118 valence electrons. The zero-order valence-electron chi connectivity index (χ0n) is 12.3. The van der Waals surface area contributed by atoms with Crippen LogP contribution in [0.2, 0.25) is 5.02 Å². The molecule has 0 bridgehead atoms. The van der Waals surface area contributed by atoms with E-state index < -0.39 is 0 Å². The number of amides is 2. The van der Waals surface area contributed by atoms with Gasteiger partial charge in [0, 0.05) is 23.7 Å². The second-order valence-electron chi connectivity index (χ2n) is 4.57. The summed E-state index contributed by atoms with van der Waals surface area (Å²) < 4.78 is 4.83. The van der Waals surface area contributed by atoms with Crippen LogP contribution in [0.4, 0.5) is 4.79 Å². The van der Waals surface area contributed by atoms with Crippen molar-refractivity contribution in [2.75, 3.05) is 12.8 Å². The average molecular weight is 341 g/mol. The van der Waals surface area contributed by atoms with Gasteiger partial charge in [0.25, 0.3) is 0 Å². The third kappa shape index (κ3) is 4.92. The quantitative estimate of drug-likeness (QED) is 0.845. The normalized spacial score (nSPS) is 12.0. The van der Waals surface area contributed by atoms with Gasteiger partial charge in [0.1, 0.15) is 0 Å². The first-order valence-electron chi connectivity index (χ1n) is 6.67. The minimum absolute atomic E-state index is 0.136. The summed E-state index contributed by atoms with van der Waals surface area (Å²) >= 11 is 7.65. The molecule has 0 saturated carbocycles. The summed E-state index contributed by atoms with van der Waals surface area (Å²) in [6.45, 7) is 2.42. The number of aryl methyl sites for hydroxylation is 1. The molecule has 0 saturated heterocycles. The number of aromatic nitrogens is 2. The molecule has 2 aromatic rings.